The quantitative estimate of drug-likeness (QED) is 0.754. The van der Waals surface area contributed by atoms with Crippen LogP contribution < -0.4 is 11.1 Å². The van der Waals surface area contributed by atoms with Crippen molar-refractivity contribution >= 4 is 29.2 Å². The number of nitrogens with zero attached hydrogens (tertiary/aromatic N) is 1. The zero-order chi connectivity index (χ0) is 12.3. The van der Waals surface area contributed by atoms with Crippen molar-refractivity contribution in [3.63, 3.8) is 0 Å². The fourth-order valence-electron chi connectivity index (χ4n) is 1.72. The summed E-state index contributed by atoms with van der Waals surface area (Å²) in [5.74, 6) is 2.40. The maximum absolute atomic E-state index is 10.8. The largest absolute Gasteiger partial charge is 0.477 e. The average Bonchev–Trinajstić information content (AvgIpc) is 2.80. The maximum atomic E-state index is 10.8. The standard InChI is InChI=1S/C11H15N3O2S/c12-8-1-2-9(11(15)16)14-10(8)13-5-7-3-4-17-6-7/h1-2,7H,3-6,12H2,(H,13,14)(H,15,16). The lowest BCUT2D eigenvalue weighted by molar-refractivity contribution is 0.0690. The zero-order valence-corrected chi connectivity index (χ0v) is 10.2. The Morgan fingerprint density at radius 1 is 1.65 bits per heavy atom. The van der Waals surface area contributed by atoms with Gasteiger partial charge >= 0.3 is 5.97 Å². The smallest absolute Gasteiger partial charge is 0.354 e. The second-order valence-electron chi connectivity index (χ2n) is 4.05. The summed E-state index contributed by atoms with van der Waals surface area (Å²) in [6.45, 7) is 0.799. The Bertz CT molecular complexity index is 419. The predicted molar refractivity (Wildman–Crippen MR) is 69.5 cm³/mol. The van der Waals surface area contributed by atoms with E-state index >= 15 is 0 Å². The molecule has 0 spiro atoms. The van der Waals surface area contributed by atoms with E-state index in [0.29, 0.717) is 17.4 Å². The third-order valence-corrected chi connectivity index (χ3v) is 3.96. The molecule has 0 amide bonds. The highest BCUT2D eigenvalue weighted by Crippen LogP contribution is 2.24. The van der Waals surface area contributed by atoms with Crippen molar-refractivity contribution in [2.45, 2.75) is 6.42 Å². The number of hydrogen-bond donors (Lipinski definition) is 3. The van der Waals surface area contributed by atoms with E-state index in [1.54, 1.807) is 6.07 Å². The summed E-state index contributed by atoms with van der Waals surface area (Å²) in [5, 5.41) is 12.0. The number of nitrogen functional groups attached to an aromatic ring is 1. The van der Waals surface area contributed by atoms with Gasteiger partial charge in [0, 0.05) is 6.54 Å². The van der Waals surface area contributed by atoms with E-state index in [9.17, 15) is 4.79 Å². The summed E-state index contributed by atoms with van der Waals surface area (Å²) < 4.78 is 0. The highest BCUT2D eigenvalue weighted by molar-refractivity contribution is 7.99. The molecule has 1 aliphatic heterocycles. The van der Waals surface area contributed by atoms with Crippen LogP contribution in [0.2, 0.25) is 0 Å². The number of carboxylic acids is 1. The Kier molecular flexibility index (Phi) is 3.73. The lowest BCUT2D eigenvalue weighted by Gasteiger charge is -2.12. The van der Waals surface area contributed by atoms with Gasteiger partial charge in [-0.2, -0.15) is 11.8 Å². The Morgan fingerprint density at radius 3 is 3.12 bits per heavy atom. The van der Waals surface area contributed by atoms with Gasteiger partial charge in [-0.1, -0.05) is 0 Å². The normalized spacial score (nSPS) is 19.2. The molecular weight excluding hydrogens is 238 g/mol. The SMILES string of the molecule is Nc1ccc(C(=O)O)nc1NCC1CCSC1. The average molecular weight is 253 g/mol. The van der Waals surface area contributed by atoms with Gasteiger partial charge in [-0.3, -0.25) is 0 Å². The second kappa shape index (κ2) is 5.27. The molecule has 1 unspecified atom stereocenters. The van der Waals surface area contributed by atoms with Crippen LogP contribution in [0, 0.1) is 5.92 Å². The summed E-state index contributed by atoms with van der Waals surface area (Å²) in [4.78, 5) is 14.8. The number of carboxylic acid groups (broad SMARTS) is 1. The summed E-state index contributed by atoms with van der Waals surface area (Å²) in [6, 6.07) is 2.98. The van der Waals surface area contributed by atoms with Crippen molar-refractivity contribution in [2.75, 3.05) is 29.1 Å². The van der Waals surface area contributed by atoms with Gasteiger partial charge in [0.15, 0.2) is 5.69 Å². The van der Waals surface area contributed by atoms with Crippen LogP contribution in [0.25, 0.3) is 0 Å². The van der Waals surface area contributed by atoms with Crippen LogP contribution in [0.1, 0.15) is 16.9 Å². The monoisotopic (exact) mass is 253 g/mol. The maximum Gasteiger partial charge on any atom is 0.354 e. The summed E-state index contributed by atoms with van der Waals surface area (Å²) in [5.41, 5.74) is 6.25. The number of pyridine rings is 1. The van der Waals surface area contributed by atoms with Crippen LogP contribution in [0.15, 0.2) is 12.1 Å². The highest BCUT2D eigenvalue weighted by Gasteiger charge is 2.16. The predicted octanol–water partition coefficient (Wildman–Crippen LogP) is 1.53. The number of nitrogens with two attached hydrogens (primary N) is 1. The molecule has 1 atom stereocenters. The molecule has 1 aliphatic rings. The van der Waals surface area contributed by atoms with Gasteiger partial charge in [0.2, 0.25) is 0 Å². The molecule has 0 bridgehead atoms. The van der Waals surface area contributed by atoms with Gasteiger partial charge in [0.25, 0.3) is 0 Å². The van der Waals surface area contributed by atoms with Gasteiger partial charge in [-0.05, 0) is 36.0 Å². The third-order valence-electron chi connectivity index (χ3n) is 2.73. The van der Waals surface area contributed by atoms with Crippen molar-refractivity contribution in [1.29, 1.82) is 0 Å². The van der Waals surface area contributed by atoms with Gasteiger partial charge in [-0.15, -0.1) is 0 Å². The Labute approximate surface area is 104 Å². The molecule has 2 rings (SSSR count). The van der Waals surface area contributed by atoms with Crippen molar-refractivity contribution in [1.82, 2.24) is 4.98 Å². The van der Waals surface area contributed by atoms with E-state index in [2.05, 4.69) is 10.3 Å². The summed E-state index contributed by atoms with van der Waals surface area (Å²) in [7, 11) is 0. The van der Waals surface area contributed by atoms with Crippen LogP contribution in [0.4, 0.5) is 11.5 Å². The molecule has 17 heavy (non-hydrogen) atoms. The lowest BCUT2D eigenvalue weighted by Crippen LogP contribution is -2.16. The highest BCUT2D eigenvalue weighted by atomic mass is 32.2. The van der Waals surface area contributed by atoms with Crippen molar-refractivity contribution in [3.8, 4) is 0 Å². The number of aromatic carboxylic acids is 1. The second-order valence-corrected chi connectivity index (χ2v) is 5.20. The first-order valence-electron chi connectivity index (χ1n) is 5.48. The zero-order valence-electron chi connectivity index (χ0n) is 9.35. The first-order chi connectivity index (χ1) is 8.16. The molecule has 1 aromatic heterocycles. The van der Waals surface area contributed by atoms with E-state index < -0.39 is 5.97 Å². The number of rotatable bonds is 4. The van der Waals surface area contributed by atoms with Crippen LogP contribution in [0.3, 0.4) is 0 Å². The van der Waals surface area contributed by atoms with Crippen molar-refractivity contribution in [2.24, 2.45) is 5.92 Å². The van der Waals surface area contributed by atoms with Crippen LogP contribution in [0.5, 0.6) is 0 Å². The van der Waals surface area contributed by atoms with Crippen molar-refractivity contribution < 1.29 is 9.90 Å². The molecule has 1 fully saturated rings. The topological polar surface area (TPSA) is 88.2 Å². The van der Waals surface area contributed by atoms with E-state index in [-0.39, 0.29) is 5.69 Å². The minimum absolute atomic E-state index is 0.0162. The molecule has 2 heterocycles. The number of thioether (sulfide) groups is 1. The molecular formula is C11H15N3O2S. The molecule has 1 saturated heterocycles. The van der Waals surface area contributed by atoms with Crippen LogP contribution in [-0.4, -0.2) is 34.1 Å². The van der Waals surface area contributed by atoms with Crippen molar-refractivity contribution in [3.05, 3.63) is 17.8 Å². The fourth-order valence-corrected chi connectivity index (χ4v) is 3.00. The van der Waals surface area contributed by atoms with Gasteiger partial charge < -0.3 is 16.2 Å². The fraction of sp³-hybridized carbons (Fsp3) is 0.455. The van der Waals surface area contributed by atoms with Crippen LogP contribution >= 0.6 is 11.8 Å². The molecule has 1 aromatic rings. The van der Waals surface area contributed by atoms with E-state index in [0.717, 1.165) is 12.3 Å². The first kappa shape index (κ1) is 12.0. The molecule has 0 aromatic carbocycles. The summed E-state index contributed by atoms with van der Waals surface area (Å²) in [6.07, 6.45) is 1.19. The van der Waals surface area contributed by atoms with Gasteiger partial charge in [0.05, 0.1) is 5.69 Å². The molecule has 5 nitrogen and oxygen atoms in total. The minimum atomic E-state index is -1.04. The van der Waals surface area contributed by atoms with Gasteiger partial charge in [0.1, 0.15) is 5.82 Å². The number of hydrogen-bond acceptors (Lipinski definition) is 5. The Morgan fingerprint density at radius 2 is 2.47 bits per heavy atom. The summed E-state index contributed by atoms with van der Waals surface area (Å²) >= 11 is 1.94. The van der Waals surface area contributed by atoms with E-state index in [1.807, 2.05) is 11.8 Å². The molecule has 0 aliphatic carbocycles. The lowest BCUT2D eigenvalue weighted by atomic mass is 10.1. The molecule has 92 valence electrons. The molecule has 4 N–H and O–H groups in total. The Hall–Kier alpha value is -1.43. The van der Waals surface area contributed by atoms with E-state index in [4.69, 9.17) is 10.8 Å². The third kappa shape index (κ3) is 3.03. The minimum Gasteiger partial charge on any atom is -0.477 e. The molecule has 6 heteroatoms. The number of carbonyl (C=O) groups is 1. The number of anilines is 2. The first-order valence-corrected chi connectivity index (χ1v) is 6.63. The van der Waals surface area contributed by atoms with Crippen LogP contribution in [-0.2, 0) is 0 Å². The van der Waals surface area contributed by atoms with E-state index in [1.165, 1.54) is 18.2 Å². The number of aromatic nitrogens is 1. The molecule has 0 saturated carbocycles. The number of nitrogens with one attached hydrogen (secondary N) is 1. The van der Waals surface area contributed by atoms with Gasteiger partial charge in [-0.25, -0.2) is 9.78 Å². The molecule has 0 radical (unpaired) electrons. The Balaban J connectivity index is 2.03.